The van der Waals surface area contributed by atoms with Gasteiger partial charge in [0.1, 0.15) is 0 Å². The van der Waals surface area contributed by atoms with E-state index in [1.807, 2.05) is 25.7 Å². The highest BCUT2D eigenvalue weighted by atomic mass is 32.1. The van der Waals surface area contributed by atoms with Gasteiger partial charge in [-0.3, -0.25) is 0 Å². The molecule has 1 fully saturated rings. The van der Waals surface area contributed by atoms with Crippen LogP contribution in [0.5, 0.6) is 0 Å². The van der Waals surface area contributed by atoms with E-state index >= 15 is 0 Å². The first-order chi connectivity index (χ1) is 9.04. The fraction of sp³-hybridized carbons (Fsp3) is 0.643. The van der Waals surface area contributed by atoms with Gasteiger partial charge in [-0.25, -0.2) is 4.79 Å². The van der Waals surface area contributed by atoms with Gasteiger partial charge in [0.2, 0.25) is 0 Å². The first-order valence-corrected chi connectivity index (χ1v) is 7.71. The van der Waals surface area contributed by atoms with Crippen LogP contribution in [0.1, 0.15) is 26.3 Å². The maximum absolute atomic E-state index is 12.2. The van der Waals surface area contributed by atoms with Crippen molar-refractivity contribution in [2.24, 2.45) is 0 Å². The Kier molecular flexibility index (Phi) is 4.82. The largest absolute Gasteiger partial charge is 0.372 e. The molecule has 0 aromatic carbocycles. The second-order valence-electron chi connectivity index (χ2n) is 5.35. The molecule has 5 heteroatoms. The number of urea groups is 1. The fourth-order valence-corrected chi connectivity index (χ4v) is 3.14. The van der Waals surface area contributed by atoms with Crippen LogP contribution in [0, 0.1) is 0 Å². The van der Waals surface area contributed by atoms with E-state index in [4.69, 9.17) is 4.74 Å². The van der Waals surface area contributed by atoms with Crippen LogP contribution in [0.15, 0.2) is 16.8 Å². The molecule has 3 atom stereocenters. The highest BCUT2D eigenvalue weighted by Crippen LogP contribution is 2.12. The number of morpholine rings is 1. The molecule has 4 nitrogen and oxygen atoms in total. The Morgan fingerprint density at radius 1 is 1.53 bits per heavy atom. The van der Waals surface area contributed by atoms with Crippen molar-refractivity contribution in [3.63, 3.8) is 0 Å². The van der Waals surface area contributed by atoms with Crippen molar-refractivity contribution >= 4 is 17.4 Å². The highest BCUT2D eigenvalue weighted by Gasteiger charge is 2.26. The molecule has 106 valence electrons. The lowest BCUT2D eigenvalue weighted by Gasteiger charge is -2.35. The van der Waals surface area contributed by atoms with Crippen LogP contribution in [0.2, 0.25) is 0 Å². The number of hydrogen-bond acceptors (Lipinski definition) is 3. The monoisotopic (exact) mass is 282 g/mol. The molecule has 1 aromatic heterocycles. The SMILES string of the molecule is C[C@H](Cc1ccsc1)NC(=O)N1C[C@H](C)O[C@@H](C)C1. The van der Waals surface area contributed by atoms with Crippen LogP contribution in [-0.4, -0.2) is 42.3 Å². The van der Waals surface area contributed by atoms with E-state index in [2.05, 4.69) is 22.1 Å². The summed E-state index contributed by atoms with van der Waals surface area (Å²) in [5.41, 5.74) is 1.28. The van der Waals surface area contributed by atoms with Crippen LogP contribution < -0.4 is 5.32 Å². The summed E-state index contributed by atoms with van der Waals surface area (Å²) in [6, 6.07) is 2.27. The number of carbonyl (C=O) groups excluding carboxylic acids is 1. The smallest absolute Gasteiger partial charge is 0.317 e. The Bertz CT molecular complexity index is 398. The van der Waals surface area contributed by atoms with Gasteiger partial charge in [0, 0.05) is 19.1 Å². The summed E-state index contributed by atoms with van der Waals surface area (Å²) in [6.07, 6.45) is 1.10. The number of thiophene rings is 1. The van der Waals surface area contributed by atoms with Crippen LogP contribution in [0.4, 0.5) is 4.79 Å². The van der Waals surface area contributed by atoms with Crippen molar-refractivity contribution in [2.45, 2.75) is 45.4 Å². The van der Waals surface area contributed by atoms with Gasteiger partial charge in [-0.15, -0.1) is 0 Å². The van der Waals surface area contributed by atoms with Crippen molar-refractivity contribution in [1.82, 2.24) is 10.2 Å². The van der Waals surface area contributed by atoms with Gasteiger partial charge in [-0.1, -0.05) is 0 Å². The normalized spacial score (nSPS) is 25.1. The minimum Gasteiger partial charge on any atom is -0.372 e. The zero-order chi connectivity index (χ0) is 13.8. The molecule has 0 radical (unpaired) electrons. The zero-order valence-electron chi connectivity index (χ0n) is 11.8. The number of hydrogen-bond donors (Lipinski definition) is 1. The van der Waals surface area contributed by atoms with E-state index in [0.29, 0.717) is 13.1 Å². The summed E-state index contributed by atoms with van der Waals surface area (Å²) in [7, 11) is 0. The summed E-state index contributed by atoms with van der Waals surface area (Å²) < 4.78 is 5.64. The molecular formula is C14H22N2O2S. The van der Waals surface area contributed by atoms with Gasteiger partial charge >= 0.3 is 6.03 Å². The van der Waals surface area contributed by atoms with Gasteiger partial charge < -0.3 is 15.0 Å². The number of amides is 2. The third-order valence-electron chi connectivity index (χ3n) is 3.20. The van der Waals surface area contributed by atoms with E-state index in [0.717, 1.165) is 6.42 Å². The zero-order valence-corrected chi connectivity index (χ0v) is 12.6. The van der Waals surface area contributed by atoms with Gasteiger partial charge in [-0.2, -0.15) is 11.3 Å². The molecule has 19 heavy (non-hydrogen) atoms. The topological polar surface area (TPSA) is 41.6 Å². The van der Waals surface area contributed by atoms with Gasteiger partial charge in [0.15, 0.2) is 0 Å². The minimum atomic E-state index is 0.0183. The summed E-state index contributed by atoms with van der Waals surface area (Å²) in [5, 5.41) is 7.26. The van der Waals surface area contributed by atoms with Gasteiger partial charge in [0.25, 0.3) is 0 Å². The lowest BCUT2D eigenvalue weighted by atomic mass is 10.1. The van der Waals surface area contributed by atoms with Crippen molar-refractivity contribution in [2.75, 3.05) is 13.1 Å². The number of nitrogens with zero attached hydrogens (tertiary/aromatic N) is 1. The van der Waals surface area contributed by atoms with Crippen molar-refractivity contribution in [1.29, 1.82) is 0 Å². The third-order valence-corrected chi connectivity index (χ3v) is 3.93. The predicted octanol–water partition coefficient (Wildman–Crippen LogP) is 2.50. The van der Waals surface area contributed by atoms with Crippen molar-refractivity contribution < 1.29 is 9.53 Å². The minimum absolute atomic E-state index is 0.0183. The number of ether oxygens (including phenoxy) is 1. The van der Waals surface area contributed by atoms with Crippen molar-refractivity contribution in [3.8, 4) is 0 Å². The molecule has 2 heterocycles. The summed E-state index contributed by atoms with van der Waals surface area (Å²) >= 11 is 1.69. The standard InChI is InChI=1S/C14H22N2O2S/c1-10(6-13-4-5-19-9-13)15-14(17)16-7-11(2)18-12(3)8-16/h4-5,9-12H,6-8H2,1-3H3,(H,15,17)/t10-,11+,12+/m1/s1. The summed E-state index contributed by atoms with van der Waals surface area (Å²) in [4.78, 5) is 14.0. The Morgan fingerprint density at radius 3 is 2.79 bits per heavy atom. The Balaban J connectivity index is 1.82. The molecular weight excluding hydrogens is 260 g/mol. The molecule has 1 saturated heterocycles. The molecule has 0 saturated carbocycles. The highest BCUT2D eigenvalue weighted by molar-refractivity contribution is 7.07. The van der Waals surface area contributed by atoms with E-state index in [9.17, 15) is 4.79 Å². The second kappa shape index (κ2) is 6.39. The number of rotatable bonds is 3. The molecule has 0 spiro atoms. The molecule has 2 amide bonds. The fourth-order valence-electron chi connectivity index (χ4n) is 2.46. The first kappa shape index (κ1) is 14.3. The molecule has 0 bridgehead atoms. The third kappa shape index (κ3) is 4.21. The molecule has 2 rings (SSSR count). The maximum atomic E-state index is 12.2. The quantitative estimate of drug-likeness (QED) is 0.925. The van der Waals surface area contributed by atoms with E-state index in [1.165, 1.54) is 5.56 Å². The van der Waals surface area contributed by atoms with Crippen LogP contribution >= 0.6 is 11.3 Å². The molecule has 0 aliphatic carbocycles. The average molecular weight is 282 g/mol. The van der Waals surface area contributed by atoms with Crippen LogP contribution in [0.25, 0.3) is 0 Å². The van der Waals surface area contributed by atoms with Gasteiger partial charge in [-0.05, 0) is 49.6 Å². The molecule has 1 aliphatic rings. The first-order valence-electron chi connectivity index (χ1n) is 6.76. The molecule has 1 N–H and O–H groups in total. The van der Waals surface area contributed by atoms with Crippen LogP contribution in [-0.2, 0) is 11.2 Å². The van der Waals surface area contributed by atoms with Crippen molar-refractivity contribution in [3.05, 3.63) is 22.4 Å². The number of carbonyl (C=O) groups is 1. The Hall–Kier alpha value is -1.07. The Morgan fingerprint density at radius 2 is 2.21 bits per heavy atom. The molecule has 1 aromatic rings. The van der Waals surface area contributed by atoms with E-state index in [1.54, 1.807) is 11.3 Å². The predicted molar refractivity (Wildman–Crippen MR) is 77.6 cm³/mol. The summed E-state index contributed by atoms with van der Waals surface area (Å²) in [6.45, 7) is 7.39. The molecule has 1 aliphatic heterocycles. The van der Waals surface area contributed by atoms with E-state index < -0.39 is 0 Å². The average Bonchev–Trinajstić information content (AvgIpc) is 2.80. The lowest BCUT2D eigenvalue weighted by Crippen LogP contribution is -2.53. The number of nitrogens with one attached hydrogen (secondary N) is 1. The lowest BCUT2D eigenvalue weighted by molar-refractivity contribution is -0.0547. The molecule has 0 unspecified atom stereocenters. The van der Waals surface area contributed by atoms with E-state index in [-0.39, 0.29) is 24.3 Å². The maximum Gasteiger partial charge on any atom is 0.317 e. The van der Waals surface area contributed by atoms with Crippen LogP contribution in [0.3, 0.4) is 0 Å². The second-order valence-corrected chi connectivity index (χ2v) is 6.13. The summed E-state index contributed by atoms with van der Waals surface area (Å²) in [5.74, 6) is 0. The Labute approximate surface area is 118 Å². The van der Waals surface area contributed by atoms with Gasteiger partial charge in [0.05, 0.1) is 12.2 Å².